The van der Waals surface area contributed by atoms with Gasteiger partial charge in [0.15, 0.2) is 0 Å². The average molecular weight is 283 g/mol. The van der Waals surface area contributed by atoms with E-state index >= 15 is 0 Å². The van der Waals surface area contributed by atoms with E-state index in [0.29, 0.717) is 6.54 Å². The van der Waals surface area contributed by atoms with Gasteiger partial charge in [-0.2, -0.15) is 0 Å². The normalized spacial score (nSPS) is 10.4. The van der Waals surface area contributed by atoms with E-state index in [4.69, 9.17) is 0 Å². The molecule has 0 unspecified atom stereocenters. The summed E-state index contributed by atoms with van der Waals surface area (Å²) in [5, 5.41) is 5.64. The van der Waals surface area contributed by atoms with Crippen molar-refractivity contribution in [2.75, 3.05) is 32.5 Å². The van der Waals surface area contributed by atoms with Crippen LogP contribution >= 0.6 is 0 Å². The molecule has 4 nitrogen and oxygen atoms in total. The van der Waals surface area contributed by atoms with E-state index in [1.165, 1.54) is 5.56 Å². The summed E-state index contributed by atoms with van der Waals surface area (Å²) >= 11 is 0. The Balaban J connectivity index is 1.89. The number of rotatable bonds is 5. The van der Waals surface area contributed by atoms with Crippen LogP contribution in [-0.2, 0) is 0 Å². The molecule has 0 aromatic heterocycles. The lowest BCUT2D eigenvalue weighted by Crippen LogP contribution is -2.34. The molecule has 4 heteroatoms. The highest BCUT2D eigenvalue weighted by atomic mass is 16.2. The Morgan fingerprint density at radius 2 is 1.57 bits per heavy atom. The van der Waals surface area contributed by atoms with Crippen LogP contribution in [0.4, 0.5) is 10.5 Å². The van der Waals surface area contributed by atoms with Crippen LogP contribution in [0.25, 0.3) is 11.1 Å². The second-order valence-corrected chi connectivity index (χ2v) is 5.13. The highest BCUT2D eigenvalue weighted by Gasteiger charge is 2.02. The molecule has 0 spiro atoms. The van der Waals surface area contributed by atoms with E-state index in [2.05, 4.69) is 22.8 Å². The zero-order valence-corrected chi connectivity index (χ0v) is 12.5. The van der Waals surface area contributed by atoms with Crippen LogP contribution < -0.4 is 10.6 Å². The summed E-state index contributed by atoms with van der Waals surface area (Å²) in [5.74, 6) is 0. The van der Waals surface area contributed by atoms with Crippen LogP contribution in [0.2, 0.25) is 0 Å². The number of likely N-dealkylation sites (N-methyl/N-ethyl adjacent to an activating group) is 1. The van der Waals surface area contributed by atoms with Crippen molar-refractivity contribution in [2.24, 2.45) is 0 Å². The van der Waals surface area contributed by atoms with Crippen LogP contribution in [0, 0.1) is 0 Å². The first-order valence-corrected chi connectivity index (χ1v) is 7.00. The van der Waals surface area contributed by atoms with Crippen molar-refractivity contribution < 1.29 is 4.79 Å². The van der Waals surface area contributed by atoms with E-state index in [1.54, 1.807) is 0 Å². The first-order chi connectivity index (χ1) is 10.1. The van der Waals surface area contributed by atoms with Crippen LogP contribution in [0.5, 0.6) is 0 Å². The molecule has 2 aromatic rings. The van der Waals surface area contributed by atoms with E-state index < -0.39 is 0 Å². The van der Waals surface area contributed by atoms with Crippen molar-refractivity contribution in [1.82, 2.24) is 10.2 Å². The fourth-order valence-corrected chi connectivity index (χ4v) is 1.94. The van der Waals surface area contributed by atoms with Crippen molar-refractivity contribution >= 4 is 11.7 Å². The van der Waals surface area contributed by atoms with Crippen molar-refractivity contribution in [3.8, 4) is 11.1 Å². The van der Waals surface area contributed by atoms with Gasteiger partial charge >= 0.3 is 6.03 Å². The Kier molecular flexibility index (Phi) is 5.35. The fourth-order valence-electron chi connectivity index (χ4n) is 1.94. The quantitative estimate of drug-likeness (QED) is 0.886. The van der Waals surface area contributed by atoms with Gasteiger partial charge in [-0.3, -0.25) is 0 Å². The first kappa shape index (κ1) is 15.1. The Hall–Kier alpha value is -2.33. The van der Waals surface area contributed by atoms with Gasteiger partial charge in [-0.25, -0.2) is 4.79 Å². The smallest absolute Gasteiger partial charge is 0.319 e. The van der Waals surface area contributed by atoms with Gasteiger partial charge in [0.1, 0.15) is 0 Å². The number of nitrogens with one attached hydrogen (secondary N) is 2. The molecular weight excluding hydrogens is 262 g/mol. The number of anilines is 1. The molecule has 0 aliphatic rings. The zero-order valence-electron chi connectivity index (χ0n) is 12.5. The third-order valence-electron chi connectivity index (χ3n) is 3.09. The van der Waals surface area contributed by atoms with Crippen LogP contribution in [0.15, 0.2) is 54.6 Å². The molecule has 0 aliphatic heterocycles. The molecule has 110 valence electrons. The number of hydrogen-bond acceptors (Lipinski definition) is 2. The molecule has 2 N–H and O–H groups in total. The van der Waals surface area contributed by atoms with Gasteiger partial charge in [0.25, 0.3) is 0 Å². The third kappa shape index (κ3) is 4.93. The number of carbonyl (C=O) groups excluding carboxylic acids is 1. The summed E-state index contributed by atoms with van der Waals surface area (Å²) in [6.45, 7) is 1.45. The average Bonchev–Trinajstić information content (AvgIpc) is 2.48. The standard InChI is InChI=1S/C17H21N3O/c1-20(2)13-12-18-17(21)19-16-10-8-15(9-11-16)14-6-4-3-5-7-14/h3-11H,12-13H2,1-2H3,(H2,18,19,21). The topological polar surface area (TPSA) is 44.4 Å². The fraction of sp³-hybridized carbons (Fsp3) is 0.235. The van der Waals surface area contributed by atoms with Crippen molar-refractivity contribution in [3.05, 3.63) is 54.6 Å². The lowest BCUT2D eigenvalue weighted by molar-refractivity contribution is 0.250. The van der Waals surface area contributed by atoms with E-state index in [-0.39, 0.29) is 6.03 Å². The van der Waals surface area contributed by atoms with Gasteiger partial charge in [-0.05, 0) is 37.4 Å². The number of nitrogens with zero attached hydrogens (tertiary/aromatic N) is 1. The summed E-state index contributed by atoms with van der Waals surface area (Å²) in [4.78, 5) is 13.7. The number of carbonyl (C=O) groups is 1. The molecule has 2 rings (SSSR count). The Bertz CT molecular complexity index is 564. The largest absolute Gasteiger partial charge is 0.337 e. The predicted molar refractivity (Wildman–Crippen MR) is 87.5 cm³/mol. The molecule has 0 fully saturated rings. The Morgan fingerprint density at radius 3 is 2.19 bits per heavy atom. The minimum atomic E-state index is -0.177. The van der Waals surface area contributed by atoms with Crippen LogP contribution in [-0.4, -0.2) is 38.1 Å². The monoisotopic (exact) mass is 283 g/mol. The van der Waals surface area contributed by atoms with E-state index in [0.717, 1.165) is 17.8 Å². The number of benzene rings is 2. The van der Waals surface area contributed by atoms with E-state index in [1.807, 2.05) is 61.5 Å². The molecule has 0 radical (unpaired) electrons. The van der Waals surface area contributed by atoms with Gasteiger partial charge in [0, 0.05) is 18.8 Å². The molecular formula is C17H21N3O. The number of hydrogen-bond donors (Lipinski definition) is 2. The van der Waals surface area contributed by atoms with E-state index in [9.17, 15) is 4.79 Å². The molecule has 0 heterocycles. The molecule has 0 saturated heterocycles. The van der Waals surface area contributed by atoms with Crippen molar-refractivity contribution in [2.45, 2.75) is 0 Å². The maximum Gasteiger partial charge on any atom is 0.319 e. The molecule has 0 atom stereocenters. The highest BCUT2D eigenvalue weighted by molar-refractivity contribution is 5.89. The SMILES string of the molecule is CN(C)CCNC(=O)Nc1ccc(-c2ccccc2)cc1. The van der Waals surface area contributed by atoms with Crippen molar-refractivity contribution in [1.29, 1.82) is 0 Å². The molecule has 2 aromatic carbocycles. The summed E-state index contributed by atoms with van der Waals surface area (Å²) < 4.78 is 0. The minimum Gasteiger partial charge on any atom is -0.337 e. The lowest BCUT2D eigenvalue weighted by atomic mass is 10.1. The first-order valence-electron chi connectivity index (χ1n) is 7.00. The summed E-state index contributed by atoms with van der Waals surface area (Å²) in [7, 11) is 3.95. The number of urea groups is 1. The predicted octanol–water partition coefficient (Wildman–Crippen LogP) is 3.04. The molecule has 0 aliphatic carbocycles. The Morgan fingerprint density at radius 1 is 0.952 bits per heavy atom. The molecule has 21 heavy (non-hydrogen) atoms. The highest BCUT2D eigenvalue weighted by Crippen LogP contribution is 2.20. The maximum absolute atomic E-state index is 11.7. The summed E-state index contributed by atoms with van der Waals surface area (Å²) in [5.41, 5.74) is 3.09. The molecule has 2 amide bonds. The second kappa shape index (κ2) is 7.45. The van der Waals surface area contributed by atoms with Crippen molar-refractivity contribution in [3.63, 3.8) is 0 Å². The zero-order chi connectivity index (χ0) is 15.1. The molecule has 0 bridgehead atoms. The summed E-state index contributed by atoms with van der Waals surface area (Å²) in [6.07, 6.45) is 0. The van der Waals surface area contributed by atoms with Crippen LogP contribution in [0.3, 0.4) is 0 Å². The van der Waals surface area contributed by atoms with Gasteiger partial charge in [0.2, 0.25) is 0 Å². The van der Waals surface area contributed by atoms with Gasteiger partial charge in [0.05, 0.1) is 0 Å². The third-order valence-corrected chi connectivity index (χ3v) is 3.09. The van der Waals surface area contributed by atoms with Gasteiger partial charge < -0.3 is 15.5 Å². The van der Waals surface area contributed by atoms with Crippen LogP contribution in [0.1, 0.15) is 0 Å². The number of amides is 2. The summed E-state index contributed by atoms with van der Waals surface area (Å²) in [6, 6.07) is 17.8. The maximum atomic E-state index is 11.7. The van der Waals surface area contributed by atoms with Gasteiger partial charge in [-0.1, -0.05) is 42.5 Å². The Labute approximate surface area is 125 Å². The second-order valence-electron chi connectivity index (χ2n) is 5.13. The molecule has 0 saturated carbocycles. The lowest BCUT2D eigenvalue weighted by Gasteiger charge is -2.11. The van der Waals surface area contributed by atoms with Gasteiger partial charge in [-0.15, -0.1) is 0 Å². The minimum absolute atomic E-state index is 0.177.